The van der Waals surface area contributed by atoms with Crippen molar-refractivity contribution in [1.82, 2.24) is 0 Å². The van der Waals surface area contributed by atoms with Gasteiger partial charge in [0.1, 0.15) is 5.82 Å². The molecule has 0 aliphatic rings. The summed E-state index contributed by atoms with van der Waals surface area (Å²) in [5, 5.41) is 5.59. The zero-order valence-electron chi connectivity index (χ0n) is 15.0. The molecule has 27 heavy (non-hydrogen) atoms. The summed E-state index contributed by atoms with van der Waals surface area (Å²) in [6.45, 7) is 3.85. The van der Waals surface area contributed by atoms with Gasteiger partial charge in [-0.05, 0) is 67.4 Å². The molecule has 0 aromatic heterocycles. The lowest BCUT2D eigenvalue weighted by Crippen LogP contribution is -2.16. The number of hydrogen-bond donors (Lipinski definition) is 2. The number of para-hydroxylation sites is 1. The Morgan fingerprint density at radius 2 is 1.26 bits per heavy atom. The molecule has 136 valence electrons. The largest absolute Gasteiger partial charge is 0.322 e. The summed E-state index contributed by atoms with van der Waals surface area (Å²) in [5.41, 5.74) is 3.90. The smallest absolute Gasteiger partial charge is 0.255 e. The fourth-order valence-corrected chi connectivity index (χ4v) is 2.74. The van der Waals surface area contributed by atoms with Gasteiger partial charge in [-0.2, -0.15) is 0 Å². The zero-order valence-corrected chi connectivity index (χ0v) is 15.0. The van der Waals surface area contributed by atoms with E-state index in [1.807, 2.05) is 32.0 Å². The molecule has 0 heterocycles. The maximum atomic E-state index is 13.0. The highest BCUT2D eigenvalue weighted by atomic mass is 19.1. The van der Waals surface area contributed by atoms with Crippen molar-refractivity contribution in [2.45, 2.75) is 13.8 Å². The molecule has 0 saturated carbocycles. The number of anilines is 2. The summed E-state index contributed by atoms with van der Waals surface area (Å²) < 4.78 is 13.0. The summed E-state index contributed by atoms with van der Waals surface area (Å²) in [5.74, 6) is -1.04. The van der Waals surface area contributed by atoms with Crippen LogP contribution in [0.1, 0.15) is 31.8 Å². The second kappa shape index (κ2) is 7.83. The molecule has 0 fully saturated rings. The van der Waals surface area contributed by atoms with Crippen LogP contribution in [0.3, 0.4) is 0 Å². The lowest BCUT2D eigenvalue weighted by molar-refractivity contribution is 0.102. The Labute approximate surface area is 157 Å². The number of hydrogen-bond acceptors (Lipinski definition) is 2. The molecule has 4 nitrogen and oxygen atoms in total. The zero-order chi connectivity index (χ0) is 19.4. The standard InChI is InChI=1S/C22H19FN2O2/c1-14-5-3-6-15(2)20(14)25-22(27)17-8-4-7-16(13-17)21(26)24-19-11-9-18(23)10-12-19/h3-13H,1-2H3,(H,24,26)(H,25,27). The van der Waals surface area contributed by atoms with Crippen LogP contribution in [0.25, 0.3) is 0 Å². The number of benzene rings is 3. The van der Waals surface area contributed by atoms with Crippen molar-refractivity contribution in [2.24, 2.45) is 0 Å². The van der Waals surface area contributed by atoms with E-state index >= 15 is 0 Å². The van der Waals surface area contributed by atoms with Crippen molar-refractivity contribution in [3.63, 3.8) is 0 Å². The average molecular weight is 362 g/mol. The Kier molecular flexibility index (Phi) is 5.31. The van der Waals surface area contributed by atoms with Crippen LogP contribution >= 0.6 is 0 Å². The fourth-order valence-electron chi connectivity index (χ4n) is 2.74. The number of halogens is 1. The van der Waals surface area contributed by atoms with Gasteiger partial charge in [-0.15, -0.1) is 0 Å². The molecule has 3 aromatic carbocycles. The normalized spacial score (nSPS) is 10.3. The van der Waals surface area contributed by atoms with Gasteiger partial charge in [0.05, 0.1) is 0 Å². The van der Waals surface area contributed by atoms with Crippen molar-refractivity contribution in [3.8, 4) is 0 Å². The van der Waals surface area contributed by atoms with Gasteiger partial charge in [0.25, 0.3) is 11.8 Å². The quantitative estimate of drug-likeness (QED) is 0.690. The van der Waals surface area contributed by atoms with Crippen LogP contribution in [-0.4, -0.2) is 11.8 Å². The van der Waals surface area contributed by atoms with E-state index in [1.54, 1.807) is 18.2 Å². The molecule has 5 heteroatoms. The third kappa shape index (κ3) is 4.39. The van der Waals surface area contributed by atoms with Crippen LogP contribution in [-0.2, 0) is 0 Å². The first-order valence-electron chi connectivity index (χ1n) is 8.48. The first kappa shape index (κ1) is 18.3. The number of nitrogens with one attached hydrogen (secondary N) is 2. The van der Waals surface area contributed by atoms with Gasteiger partial charge in [-0.1, -0.05) is 24.3 Å². The van der Waals surface area contributed by atoms with E-state index in [0.717, 1.165) is 16.8 Å². The highest BCUT2D eigenvalue weighted by molar-refractivity contribution is 6.09. The SMILES string of the molecule is Cc1cccc(C)c1NC(=O)c1cccc(C(=O)Nc2ccc(F)cc2)c1. The predicted octanol–water partition coefficient (Wildman–Crippen LogP) is 4.95. The van der Waals surface area contributed by atoms with Crippen LogP contribution < -0.4 is 10.6 Å². The third-order valence-electron chi connectivity index (χ3n) is 4.21. The van der Waals surface area contributed by atoms with Gasteiger partial charge in [0, 0.05) is 22.5 Å². The first-order valence-corrected chi connectivity index (χ1v) is 8.48. The van der Waals surface area contributed by atoms with Crippen molar-refractivity contribution in [1.29, 1.82) is 0 Å². The van der Waals surface area contributed by atoms with E-state index in [2.05, 4.69) is 10.6 Å². The summed E-state index contributed by atoms with van der Waals surface area (Å²) in [7, 11) is 0. The fraction of sp³-hybridized carbons (Fsp3) is 0.0909. The Hall–Kier alpha value is -3.47. The number of carbonyl (C=O) groups excluding carboxylic acids is 2. The molecule has 0 unspecified atom stereocenters. The van der Waals surface area contributed by atoms with Gasteiger partial charge in [-0.25, -0.2) is 4.39 Å². The number of rotatable bonds is 4. The minimum Gasteiger partial charge on any atom is -0.322 e. The monoisotopic (exact) mass is 362 g/mol. The Balaban J connectivity index is 1.77. The Morgan fingerprint density at radius 1 is 0.741 bits per heavy atom. The average Bonchev–Trinajstić information content (AvgIpc) is 2.66. The van der Waals surface area contributed by atoms with Crippen molar-refractivity contribution >= 4 is 23.2 Å². The van der Waals surface area contributed by atoms with Crippen LogP contribution in [0.15, 0.2) is 66.7 Å². The van der Waals surface area contributed by atoms with Crippen LogP contribution in [0.4, 0.5) is 15.8 Å². The molecule has 0 aliphatic heterocycles. The summed E-state index contributed by atoms with van der Waals surface area (Å²) >= 11 is 0. The molecule has 2 amide bonds. The molecular formula is C22H19FN2O2. The Bertz CT molecular complexity index is 977. The lowest BCUT2D eigenvalue weighted by atomic mass is 10.1. The van der Waals surface area contributed by atoms with E-state index in [9.17, 15) is 14.0 Å². The third-order valence-corrected chi connectivity index (χ3v) is 4.21. The molecule has 3 rings (SSSR count). The summed E-state index contributed by atoms with van der Waals surface area (Å²) in [6.07, 6.45) is 0. The summed E-state index contributed by atoms with van der Waals surface area (Å²) in [6, 6.07) is 17.7. The van der Waals surface area contributed by atoms with Gasteiger partial charge in [-0.3, -0.25) is 9.59 Å². The van der Waals surface area contributed by atoms with Gasteiger partial charge in [0.15, 0.2) is 0 Å². The lowest BCUT2D eigenvalue weighted by Gasteiger charge is -2.12. The van der Waals surface area contributed by atoms with Crippen molar-refractivity contribution < 1.29 is 14.0 Å². The highest BCUT2D eigenvalue weighted by Gasteiger charge is 2.13. The van der Waals surface area contributed by atoms with E-state index in [-0.39, 0.29) is 17.6 Å². The van der Waals surface area contributed by atoms with Crippen LogP contribution in [0, 0.1) is 19.7 Å². The van der Waals surface area contributed by atoms with Crippen molar-refractivity contribution in [2.75, 3.05) is 10.6 Å². The minimum atomic E-state index is -0.377. The van der Waals surface area contributed by atoms with E-state index in [1.165, 1.54) is 30.3 Å². The number of aryl methyl sites for hydroxylation is 2. The topological polar surface area (TPSA) is 58.2 Å². The van der Waals surface area contributed by atoms with E-state index in [4.69, 9.17) is 0 Å². The molecule has 0 bridgehead atoms. The maximum Gasteiger partial charge on any atom is 0.255 e. The molecule has 0 atom stereocenters. The highest BCUT2D eigenvalue weighted by Crippen LogP contribution is 2.20. The molecule has 0 aliphatic carbocycles. The Morgan fingerprint density at radius 3 is 1.85 bits per heavy atom. The molecule has 0 spiro atoms. The number of amides is 2. The van der Waals surface area contributed by atoms with Crippen LogP contribution in [0.5, 0.6) is 0 Å². The van der Waals surface area contributed by atoms with Gasteiger partial charge < -0.3 is 10.6 Å². The van der Waals surface area contributed by atoms with Crippen molar-refractivity contribution in [3.05, 3.63) is 94.8 Å². The molecule has 3 aromatic rings. The van der Waals surface area contributed by atoms with E-state index < -0.39 is 0 Å². The first-order chi connectivity index (χ1) is 12.9. The second-order valence-corrected chi connectivity index (χ2v) is 6.26. The predicted molar refractivity (Wildman–Crippen MR) is 105 cm³/mol. The maximum absolute atomic E-state index is 13.0. The van der Waals surface area contributed by atoms with Crippen LogP contribution in [0.2, 0.25) is 0 Å². The minimum absolute atomic E-state index is 0.288. The second-order valence-electron chi connectivity index (χ2n) is 6.26. The summed E-state index contributed by atoms with van der Waals surface area (Å²) in [4.78, 5) is 25.0. The molecule has 0 radical (unpaired) electrons. The van der Waals surface area contributed by atoms with Gasteiger partial charge >= 0.3 is 0 Å². The van der Waals surface area contributed by atoms with Gasteiger partial charge in [0.2, 0.25) is 0 Å². The van der Waals surface area contributed by atoms with E-state index in [0.29, 0.717) is 16.8 Å². The molecule has 2 N–H and O–H groups in total. The number of carbonyl (C=O) groups is 2. The molecule has 0 saturated heterocycles. The molecular weight excluding hydrogens is 343 g/mol.